The molecule has 2 heterocycles. The third-order valence-corrected chi connectivity index (χ3v) is 8.07. The number of methoxy groups -OCH3 is 1. The first-order valence-electron chi connectivity index (χ1n) is 10.7. The molecule has 4 aliphatic rings. The molecule has 0 aromatic heterocycles. The van der Waals surface area contributed by atoms with Crippen LogP contribution in [0, 0.1) is 22.7 Å². The summed E-state index contributed by atoms with van der Waals surface area (Å²) >= 11 is 0. The van der Waals surface area contributed by atoms with Crippen LogP contribution < -0.4 is 0 Å². The van der Waals surface area contributed by atoms with Crippen LogP contribution in [0.3, 0.4) is 0 Å². The van der Waals surface area contributed by atoms with Crippen molar-refractivity contribution in [3.8, 4) is 0 Å². The van der Waals surface area contributed by atoms with E-state index < -0.39 is 22.4 Å². The minimum absolute atomic E-state index is 0.00339. The van der Waals surface area contributed by atoms with E-state index in [2.05, 4.69) is 34.3 Å². The van der Waals surface area contributed by atoms with Crippen molar-refractivity contribution in [2.24, 2.45) is 22.7 Å². The van der Waals surface area contributed by atoms with E-state index in [4.69, 9.17) is 18.9 Å². The van der Waals surface area contributed by atoms with Gasteiger partial charge in [0, 0.05) is 17.8 Å². The van der Waals surface area contributed by atoms with E-state index in [9.17, 15) is 4.79 Å². The number of ketones is 1. The lowest BCUT2D eigenvalue weighted by Crippen LogP contribution is -2.74. The molecule has 0 bridgehead atoms. The van der Waals surface area contributed by atoms with Gasteiger partial charge < -0.3 is 18.9 Å². The Bertz CT molecular complexity index is 782. The van der Waals surface area contributed by atoms with Gasteiger partial charge in [-0.25, -0.2) is 0 Å². The van der Waals surface area contributed by atoms with E-state index in [-0.39, 0.29) is 35.2 Å². The molecule has 0 aromatic rings. The number of fused-ring (bicyclic) bond motifs is 6. The molecule has 162 valence electrons. The van der Waals surface area contributed by atoms with E-state index >= 15 is 0 Å². The topological polar surface area (TPSA) is 54.0 Å². The number of hydrogen-bond acceptors (Lipinski definition) is 5. The zero-order valence-corrected chi connectivity index (χ0v) is 19.1. The van der Waals surface area contributed by atoms with E-state index in [0.29, 0.717) is 6.42 Å². The monoisotopic (exact) mass is 404 g/mol. The van der Waals surface area contributed by atoms with Crippen LogP contribution in [-0.2, 0) is 23.7 Å². The van der Waals surface area contributed by atoms with Gasteiger partial charge in [0.15, 0.2) is 5.79 Å². The molecule has 5 nitrogen and oxygen atoms in total. The zero-order chi connectivity index (χ0) is 21.6. The molecule has 7 atom stereocenters. The number of carbonyl (C=O) groups excluding carboxylic acids is 1. The smallest absolute Gasteiger partial charge is 0.163 e. The minimum atomic E-state index is -0.796. The van der Waals surface area contributed by atoms with Gasteiger partial charge in [0.25, 0.3) is 0 Å². The SMILES string of the molecule is C=C[C@@]1(C)C=C(OC)[C@H]2[C@](C)(O1)[C@H]1OC(C)(C)O[C@H]1[C@H]1C(C)(C)CCC(=O)[C@@]12C. The maximum atomic E-state index is 13.6. The molecule has 0 N–H and O–H groups in total. The summed E-state index contributed by atoms with van der Waals surface area (Å²) in [5, 5.41) is 0. The Morgan fingerprint density at radius 2 is 1.79 bits per heavy atom. The third kappa shape index (κ3) is 2.66. The molecular formula is C24H36O5. The Morgan fingerprint density at radius 1 is 1.14 bits per heavy atom. The van der Waals surface area contributed by atoms with Crippen LogP contribution in [-0.4, -0.2) is 42.1 Å². The summed E-state index contributed by atoms with van der Waals surface area (Å²) in [5.41, 5.74) is -2.26. The fourth-order valence-corrected chi connectivity index (χ4v) is 7.05. The van der Waals surface area contributed by atoms with Crippen LogP contribution in [0.1, 0.15) is 61.3 Å². The quantitative estimate of drug-likeness (QED) is 0.638. The number of rotatable bonds is 2. The van der Waals surface area contributed by atoms with Crippen LogP contribution in [0.5, 0.6) is 0 Å². The van der Waals surface area contributed by atoms with Crippen LogP contribution in [0.25, 0.3) is 0 Å². The Kier molecular flexibility index (Phi) is 4.33. The number of carbonyl (C=O) groups is 1. The maximum absolute atomic E-state index is 13.6. The molecule has 0 unspecified atom stereocenters. The molecular weight excluding hydrogens is 368 g/mol. The van der Waals surface area contributed by atoms with Crippen LogP contribution in [0.2, 0.25) is 0 Å². The first kappa shape index (κ1) is 21.1. The molecule has 29 heavy (non-hydrogen) atoms. The molecule has 2 aliphatic heterocycles. The lowest BCUT2D eigenvalue weighted by atomic mass is 9.43. The highest BCUT2D eigenvalue weighted by molar-refractivity contribution is 5.87. The lowest BCUT2D eigenvalue weighted by Gasteiger charge is -2.65. The number of ether oxygens (including phenoxy) is 4. The third-order valence-electron chi connectivity index (χ3n) is 8.07. The number of hydrogen-bond donors (Lipinski definition) is 0. The Balaban J connectivity index is 2.00. The molecule has 0 amide bonds. The maximum Gasteiger partial charge on any atom is 0.163 e. The second-order valence-corrected chi connectivity index (χ2v) is 11.1. The zero-order valence-electron chi connectivity index (χ0n) is 19.1. The van der Waals surface area contributed by atoms with E-state index in [1.54, 1.807) is 13.2 Å². The molecule has 0 aromatic carbocycles. The highest BCUT2D eigenvalue weighted by Gasteiger charge is 2.75. The lowest BCUT2D eigenvalue weighted by molar-refractivity contribution is -0.268. The second kappa shape index (κ2) is 5.95. The van der Waals surface area contributed by atoms with Gasteiger partial charge in [-0.2, -0.15) is 0 Å². The fraction of sp³-hybridized carbons (Fsp3) is 0.792. The van der Waals surface area contributed by atoms with Crippen molar-refractivity contribution in [3.05, 3.63) is 24.5 Å². The Morgan fingerprint density at radius 3 is 2.38 bits per heavy atom. The van der Waals surface area contributed by atoms with Crippen LogP contribution in [0.15, 0.2) is 24.5 Å². The van der Waals surface area contributed by atoms with Crippen molar-refractivity contribution in [1.82, 2.24) is 0 Å². The van der Waals surface area contributed by atoms with E-state index in [0.717, 1.165) is 12.2 Å². The predicted octanol–water partition coefficient (Wildman–Crippen LogP) is 4.41. The van der Waals surface area contributed by atoms with Crippen molar-refractivity contribution < 1.29 is 23.7 Å². The molecule has 5 heteroatoms. The predicted molar refractivity (Wildman–Crippen MR) is 110 cm³/mol. The molecule has 4 rings (SSSR count). The molecule has 2 saturated carbocycles. The van der Waals surface area contributed by atoms with Crippen LogP contribution in [0.4, 0.5) is 0 Å². The minimum Gasteiger partial charge on any atom is -0.501 e. The van der Waals surface area contributed by atoms with Gasteiger partial charge in [0.1, 0.15) is 28.8 Å². The van der Waals surface area contributed by atoms with Crippen LogP contribution >= 0.6 is 0 Å². The average molecular weight is 405 g/mol. The summed E-state index contributed by atoms with van der Waals surface area (Å²) in [7, 11) is 1.68. The summed E-state index contributed by atoms with van der Waals surface area (Å²) in [6, 6.07) is 0. The summed E-state index contributed by atoms with van der Waals surface area (Å²) in [5.74, 6) is 0.0396. The van der Waals surface area contributed by atoms with Crippen molar-refractivity contribution in [3.63, 3.8) is 0 Å². The Hall–Kier alpha value is -1.17. The highest BCUT2D eigenvalue weighted by atomic mass is 16.8. The van der Waals surface area contributed by atoms with Crippen molar-refractivity contribution in [2.45, 2.75) is 90.5 Å². The summed E-state index contributed by atoms with van der Waals surface area (Å²) in [6.07, 6.45) is 4.61. The second-order valence-electron chi connectivity index (χ2n) is 11.1. The molecule has 1 saturated heterocycles. The van der Waals surface area contributed by atoms with Gasteiger partial charge >= 0.3 is 0 Å². The molecule has 2 aliphatic carbocycles. The summed E-state index contributed by atoms with van der Waals surface area (Å²) in [4.78, 5) is 13.6. The van der Waals surface area contributed by atoms with Crippen molar-refractivity contribution in [1.29, 1.82) is 0 Å². The Labute approximate surface area is 174 Å². The standard InChI is InChI=1S/C24H36O5/c1-10-22(6)13-14(26-9)17-23(7)15(25)11-12-20(2,3)18(23)16-19(24(17,8)29-22)28-21(4,5)27-16/h10,13,16-19H,1,11-12H2,2-9H3/t16-,17+,18-,19-,22-,23+,24-/m0/s1. The largest absolute Gasteiger partial charge is 0.501 e. The van der Waals surface area contributed by atoms with Gasteiger partial charge in [-0.05, 0) is 45.6 Å². The summed E-state index contributed by atoms with van der Waals surface area (Å²) < 4.78 is 25.7. The number of Topliss-reactive ketones (excluding diaryl/α,β-unsaturated/α-hetero) is 1. The van der Waals surface area contributed by atoms with Gasteiger partial charge in [0.2, 0.25) is 0 Å². The van der Waals surface area contributed by atoms with Gasteiger partial charge in [0.05, 0.1) is 19.1 Å². The van der Waals surface area contributed by atoms with Crippen molar-refractivity contribution >= 4 is 5.78 Å². The van der Waals surface area contributed by atoms with E-state index in [1.807, 2.05) is 26.8 Å². The normalized spacial score (nSPS) is 50.1. The fourth-order valence-electron chi connectivity index (χ4n) is 7.05. The highest BCUT2D eigenvalue weighted by Crippen LogP contribution is 2.67. The molecule has 0 spiro atoms. The van der Waals surface area contributed by atoms with E-state index in [1.165, 1.54) is 0 Å². The summed E-state index contributed by atoms with van der Waals surface area (Å²) in [6.45, 7) is 18.5. The van der Waals surface area contributed by atoms with Crippen molar-refractivity contribution in [2.75, 3.05) is 7.11 Å². The van der Waals surface area contributed by atoms with Gasteiger partial charge in [-0.15, -0.1) is 0 Å². The first-order valence-corrected chi connectivity index (χ1v) is 10.7. The van der Waals surface area contributed by atoms with Gasteiger partial charge in [-0.1, -0.05) is 33.4 Å². The average Bonchev–Trinajstić information content (AvgIpc) is 2.93. The van der Waals surface area contributed by atoms with Gasteiger partial charge in [-0.3, -0.25) is 4.79 Å². The molecule has 3 fully saturated rings. The molecule has 0 radical (unpaired) electrons. The first-order chi connectivity index (χ1) is 13.2.